The first kappa shape index (κ1) is 13.5. The summed E-state index contributed by atoms with van der Waals surface area (Å²) in [7, 11) is 1.61. The maximum absolute atomic E-state index is 13.5. The number of hydrogen-bond donors (Lipinski definition) is 1. The Kier molecular flexibility index (Phi) is 4.34. The second-order valence-electron chi connectivity index (χ2n) is 3.59. The molecule has 0 aromatic heterocycles. The normalized spacial score (nSPS) is 10.4. The lowest BCUT2D eigenvalue weighted by atomic mass is 10.3. The standard InChI is InChI=1S/C13H11FINOS/c1-17-8-3-2-4-9(5-8)18-13-6-10(14)11(15)7-12(13)16/h2-7H,16H2,1H3. The van der Waals surface area contributed by atoms with Crippen LogP contribution in [0.3, 0.4) is 0 Å². The van der Waals surface area contributed by atoms with Crippen molar-refractivity contribution >= 4 is 40.0 Å². The molecule has 2 aromatic rings. The Bertz CT molecular complexity index is 577. The number of anilines is 1. The third-order valence-electron chi connectivity index (χ3n) is 2.32. The van der Waals surface area contributed by atoms with Crippen LogP contribution in [0.1, 0.15) is 0 Å². The number of nitrogens with two attached hydrogens (primary N) is 1. The van der Waals surface area contributed by atoms with Gasteiger partial charge < -0.3 is 10.5 Å². The molecule has 0 spiro atoms. The van der Waals surface area contributed by atoms with Crippen LogP contribution in [0.25, 0.3) is 0 Å². The molecule has 94 valence electrons. The average molecular weight is 375 g/mol. The van der Waals surface area contributed by atoms with Crippen LogP contribution in [-0.4, -0.2) is 7.11 Å². The van der Waals surface area contributed by atoms with E-state index in [0.29, 0.717) is 14.2 Å². The molecule has 0 saturated carbocycles. The summed E-state index contributed by atoms with van der Waals surface area (Å²) in [5.74, 6) is 0.514. The molecule has 0 aliphatic carbocycles. The molecule has 2 N–H and O–H groups in total. The molecule has 0 atom stereocenters. The molecule has 0 radical (unpaired) electrons. The first-order chi connectivity index (χ1) is 8.60. The summed E-state index contributed by atoms with van der Waals surface area (Å²) in [4.78, 5) is 1.67. The second kappa shape index (κ2) is 5.79. The SMILES string of the molecule is COc1cccc(Sc2cc(F)c(I)cc2N)c1. The van der Waals surface area contributed by atoms with E-state index >= 15 is 0 Å². The van der Waals surface area contributed by atoms with Gasteiger partial charge in [0.2, 0.25) is 0 Å². The predicted octanol–water partition coefficient (Wildman–Crippen LogP) is 4.17. The summed E-state index contributed by atoms with van der Waals surface area (Å²) >= 11 is 3.34. The van der Waals surface area contributed by atoms with Crippen molar-refractivity contribution in [2.24, 2.45) is 0 Å². The molecule has 0 fully saturated rings. The van der Waals surface area contributed by atoms with Gasteiger partial charge in [-0.3, -0.25) is 0 Å². The predicted molar refractivity (Wildman–Crippen MR) is 80.6 cm³/mol. The zero-order valence-corrected chi connectivity index (χ0v) is 12.6. The van der Waals surface area contributed by atoms with Gasteiger partial charge in [-0.05, 0) is 52.9 Å². The smallest absolute Gasteiger partial charge is 0.137 e. The minimum Gasteiger partial charge on any atom is -0.497 e. The number of halogens is 2. The number of methoxy groups -OCH3 is 1. The van der Waals surface area contributed by atoms with Crippen LogP contribution in [0.2, 0.25) is 0 Å². The fourth-order valence-electron chi connectivity index (χ4n) is 1.42. The Morgan fingerprint density at radius 2 is 2.06 bits per heavy atom. The van der Waals surface area contributed by atoms with Crippen LogP contribution in [0, 0.1) is 9.39 Å². The molecule has 0 heterocycles. The fraction of sp³-hybridized carbons (Fsp3) is 0.0769. The van der Waals surface area contributed by atoms with Gasteiger partial charge in [-0.25, -0.2) is 4.39 Å². The number of benzene rings is 2. The number of nitrogen functional groups attached to an aromatic ring is 1. The Balaban J connectivity index is 2.30. The zero-order chi connectivity index (χ0) is 13.1. The molecule has 0 aliphatic rings. The summed E-state index contributed by atoms with van der Waals surface area (Å²) in [5, 5.41) is 0. The van der Waals surface area contributed by atoms with Crippen molar-refractivity contribution in [2.75, 3.05) is 12.8 Å². The molecule has 2 nitrogen and oxygen atoms in total. The Labute approximate surface area is 123 Å². The molecular weight excluding hydrogens is 364 g/mol. The van der Waals surface area contributed by atoms with Gasteiger partial charge >= 0.3 is 0 Å². The highest BCUT2D eigenvalue weighted by Crippen LogP contribution is 2.35. The summed E-state index contributed by atoms with van der Waals surface area (Å²) < 4.78 is 19.2. The average Bonchev–Trinajstić information content (AvgIpc) is 2.36. The van der Waals surface area contributed by atoms with Crippen molar-refractivity contribution in [2.45, 2.75) is 9.79 Å². The summed E-state index contributed by atoms with van der Waals surface area (Å²) in [6.45, 7) is 0. The van der Waals surface area contributed by atoms with Gasteiger partial charge in [0.05, 0.1) is 10.7 Å². The van der Waals surface area contributed by atoms with Gasteiger partial charge in [0.15, 0.2) is 0 Å². The van der Waals surface area contributed by atoms with Gasteiger partial charge in [0, 0.05) is 15.5 Å². The van der Waals surface area contributed by atoms with Gasteiger partial charge in [-0.2, -0.15) is 0 Å². The van der Waals surface area contributed by atoms with Gasteiger partial charge in [-0.15, -0.1) is 0 Å². The molecule has 0 saturated heterocycles. The third-order valence-corrected chi connectivity index (χ3v) is 4.21. The van der Waals surface area contributed by atoms with Crippen molar-refractivity contribution < 1.29 is 9.13 Å². The quantitative estimate of drug-likeness (QED) is 0.646. The van der Waals surface area contributed by atoms with Crippen molar-refractivity contribution in [3.05, 3.63) is 45.8 Å². The molecule has 2 aromatic carbocycles. The molecule has 0 bridgehead atoms. The minimum absolute atomic E-state index is 0.254. The molecule has 18 heavy (non-hydrogen) atoms. The van der Waals surface area contributed by atoms with Crippen LogP contribution in [0.4, 0.5) is 10.1 Å². The molecular formula is C13H11FINOS. The van der Waals surface area contributed by atoms with E-state index in [-0.39, 0.29) is 5.82 Å². The van der Waals surface area contributed by atoms with Crippen LogP contribution in [0.5, 0.6) is 5.75 Å². The first-order valence-corrected chi connectivity index (χ1v) is 7.06. The van der Waals surface area contributed by atoms with E-state index in [9.17, 15) is 4.39 Å². The molecule has 2 rings (SSSR count). The van der Waals surface area contributed by atoms with E-state index in [2.05, 4.69) is 0 Å². The van der Waals surface area contributed by atoms with Crippen LogP contribution in [0.15, 0.2) is 46.2 Å². The van der Waals surface area contributed by atoms with Crippen LogP contribution >= 0.6 is 34.4 Å². The Morgan fingerprint density at radius 3 is 2.78 bits per heavy atom. The Hall–Kier alpha value is -0.950. The summed E-state index contributed by atoms with van der Waals surface area (Å²) in [6, 6.07) is 10.7. The lowest BCUT2D eigenvalue weighted by Crippen LogP contribution is -1.92. The number of rotatable bonds is 3. The minimum atomic E-state index is -0.254. The van der Waals surface area contributed by atoms with Gasteiger partial charge in [0.25, 0.3) is 0 Å². The van der Waals surface area contributed by atoms with Crippen LogP contribution < -0.4 is 10.5 Å². The van der Waals surface area contributed by atoms with E-state index in [1.807, 2.05) is 46.9 Å². The third kappa shape index (κ3) is 3.08. The van der Waals surface area contributed by atoms with E-state index in [4.69, 9.17) is 10.5 Å². The number of ether oxygens (including phenoxy) is 1. The van der Waals surface area contributed by atoms with Gasteiger partial charge in [0.1, 0.15) is 11.6 Å². The maximum atomic E-state index is 13.5. The summed E-state index contributed by atoms with van der Waals surface area (Å²) in [6.07, 6.45) is 0. The summed E-state index contributed by atoms with van der Waals surface area (Å²) in [5.41, 5.74) is 6.46. The molecule has 0 unspecified atom stereocenters. The van der Waals surface area contributed by atoms with E-state index in [1.165, 1.54) is 17.8 Å². The molecule has 5 heteroatoms. The van der Waals surface area contributed by atoms with E-state index < -0.39 is 0 Å². The number of hydrogen-bond acceptors (Lipinski definition) is 3. The van der Waals surface area contributed by atoms with Crippen molar-refractivity contribution in [1.29, 1.82) is 0 Å². The highest BCUT2D eigenvalue weighted by atomic mass is 127. The lowest BCUT2D eigenvalue weighted by Gasteiger charge is -2.08. The largest absolute Gasteiger partial charge is 0.497 e. The highest BCUT2D eigenvalue weighted by molar-refractivity contribution is 14.1. The monoisotopic (exact) mass is 375 g/mol. The van der Waals surface area contributed by atoms with Crippen LogP contribution in [-0.2, 0) is 0 Å². The van der Waals surface area contributed by atoms with Crippen molar-refractivity contribution in [1.82, 2.24) is 0 Å². The van der Waals surface area contributed by atoms with Crippen molar-refractivity contribution in [3.8, 4) is 5.75 Å². The zero-order valence-electron chi connectivity index (χ0n) is 9.61. The van der Waals surface area contributed by atoms with Gasteiger partial charge in [-0.1, -0.05) is 17.8 Å². The molecule has 0 amide bonds. The lowest BCUT2D eigenvalue weighted by molar-refractivity contribution is 0.413. The topological polar surface area (TPSA) is 35.2 Å². The van der Waals surface area contributed by atoms with E-state index in [0.717, 1.165) is 10.6 Å². The first-order valence-electron chi connectivity index (χ1n) is 5.16. The fourth-order valence-corrected chi connectivity index (χ4v) is 2.83. The van der Waals surface area contributed by atoms with E-state index in [1.54, 1.807) is 13.2 Å². The maximum Gasteiger partial charge on any atom is 0.137 e. The van der Waals surface area contributed by atoms with Crippen molar-refractivity contribution in [3.63, 3.8) is 0 Å². The Morgan fingerprint density at radius 1 is 1.28 bits per heavy atom. The molecule has 0 aliphatic heterocycles. The highest BCUT2D eigenvalue weighted by Gasteiger charge is 2.08. The second-order valence-corrected chi connectivity index (χ2v) is 5.86.